The molecule has 0 fully saturated rings. The van der Waals surface area contributed by atoms with Crippen LogP contribution in [0.3, 0.4) is 0 Å². The largest absolute Gasteiger partial charge is 0.507 e. The fourth-order valence-electron chi connectivity index (χ4n) is 2.20. The molecule has 0 aliphatic carbocycles. The molecule has 3 aromatic rings. The van der Waals surface area contributed by atoms with Crippen LogP contribution in [0.5, 0.6) is 5.75 Å². The van der Waals surface area contributed by atoms with Gasteiger partial charge in [0.15, 0.2) is 0 Å². The minimum atomic E-state index is 0.303. The lowest BCUT2D eigenvalue weighted by Crippen LogP contribution is -1.85. The molecule has 3 rings (SSSR count). The smallest absolute Gasteiger partial charge is 0.123 e. The third-order valence-corrected chi connectivity index (χ3v) is 3.09. The Bertz CT molecular complexity index is 714. The van der Waals surface area contributed by atoms with Crippen LogP contribution in [0.15, 0.2) is 54.7 Å². The summed E-state index contributed by atoms with van der Waals surface area (Å²) in [7, 11) is 0. The van der Waals surface area contributed by atoms with Crippen LogP contribution >= 0.6 is 0 Å². The summed E-state index contributed by atoms with van der Waals surface area (Å²) in [5.74, 6) is 0.303. The second kappa shape index (κ2) is 4.15. The average Bonchev–Trinajstić information content (AvgIpc) is 2.41. The fraction of sp³-hybridized carbons (Fsp3) is 0.0625. The average molecular weight is 235 g/mol. The zero-order chi connectivity index (χ0) is 12.5. The van der Waals surface area contributed by atoms with E-state index in [1.54, 1.807) is 12.3 Å². The van der Waals surface area contributed by atoms with Gasteiger partial charge in [0, 0.05) is 17.1 Å². The minimum Gasteiger partial charge on any atom is -0.507 e. The van der Waals surface area contributed by atoms with Crippen LogP contribution in [-0.2, 0) is 0 Å². The predicted molar refractivity (Wildman–Crippen MR) is 73.6 cm³/mol. The normalized spacial score (nSPS) is 10.7. The fourth-order valence-corrected chi connectivity index (χ4v) is 2.20. The lowest BCUT2D eigenvalue weighted by atomic mass is 9.98. The second-order valence-electron chi connectivity index (χ2n) is 4.40. The topological polar surface area (TPSA) is 33.1 Å². The van der Waals surface area contributed by atoms with E-state index in [4.69, 9.17) is 0 Å². The second-order valence-corrected chi connectivity index (χ2v) is 4.40. The van der Waals surface area contributed by atoms with E-state index in [1.165, 1.54) is 0 Å². The number of rotatable bonds is 1. The number of pyridine rings is 1. The van der Waals surface area contributed by atoms with Crippen molar-refractivity contribution in [2.75, 3.05) is 0 Å². The highest BCUT2D eigenvalue weighted by Crippen LogP contribution is 2.34. The van der Waals surface area contributed by atoms with Gasteiger partial charge in [-0.25, -0.2) is 0 Å². The summed E-state index contributed by atoms with van der Waals surface area (Å²) in [6.07, 6.45) is 1.78. The molecule has 1 aromatic heterocycles. The SMILES string of the molecule is Cc1ccc(O)c(-c2cccc3ncccc23)c1. The standard InChI is InChI=1S/C16H13NO/c1-11-7-8-16(18)14(10-11)12-4-2-6-15-13(12)5-3-9-17-15/h2-10,18H,1H3. The highest BCUT2D eigenvalue weighted by atomic mass is 16.3. The van der Waals surface area contributed by atoms with E-state index in [0.717, 1.165) is 27.6 Å². The number of nitrogens with zero attached hydrogens (tertiary/aromatic N) is 1. The van der Waals surface area contributed by atoms with Crippen molar-refractivity contribution in [1.29, 1.82) is 0 Å². The van der Waals surface area contributed by atoms with Gasteiger partial charge in [-0.05, 0) is 36.8 Å². The molecule has 0 saturated heterocycles. The summed E-state index contributed by atoms with van der Waals surface area (Å²) in [6, 6.07) is 15.5. The predicted octanol–water partition coefficient (Wildman–Crippen LogP) is 3.92. The number of fused-ring (bicyclic) bond motifs is 1. The lowest BCUT2D eigenvalue weighted by Gasteiger charge is -2.09. The Morgan fingerprint density at radius 2 is 1.83 bits per heavy atom. The molecule has 2 nitrogen and oxygen atoms in total. The highest BCUT2D eigenvalue weighted by Gasteiger charge is 2.08. The van der Waals surface area contributed by atoms with Crippen molar-refractivity contribution >= 4 is 10.9 Å². The van der Waals surface area contributed by atoms with E-state index in [9.17, 15) is 5.11 Å². The third kappa shape index (κ3) is 1.72. The quantitative estimate of drug-likeness (QED) is 0.693. The molecule has 88 valence electrons. The van der Waals surface area contributed by atoms with Gasteiger partial charge in [-0.2, -0.15) is 0 Å². The first kappa shape index (κ1) is 10.8. The summed E-state index contributed by atoms with van der Waals surface area (Å²) in [4.78, 5) is 4.34. The van der Waals surface area contributed by atoms with Crippen molar-refractivity contribution in [3.8, 4) is 16.9 Å². The van der Waals surface area contributed by atoms with Crippen molar-refractivity contribution < 1.29 is 5.11 Å². The first-order valence-corrected chi connectivity index (χ1v) is 5.89. The summed E-state index contributed by atoms with van der Waals surface area (Å²) < 4.78 is 0. The highest BCUT2D eigenvalue weighted by molar-refractivity contribution is 5.96. The van der Waals surface area contributed by atoms with Crippen molar-refractivity contribution in [2.45, 2.75) is 6.92 Å². The minimum absolute atomic E-state index is 0.303. The van der Waals surface area contributed by atoms with Gasteiger partial charge >= 0.3 is 0 Å². The van der Waals surface area contributed by atoms with E-state index in [0.29, 0.717) is 5.75 Å². The van der Waals surface area contributed by atoms with Gasteiger partial charge < -0.3 is 5.11 Å². The van der Waals surface area contributed by atoms with Crippen LogP contribution in [0.1, 0.15) is 5.56 Å². The Morgan fingerprint density at radius 3 is 2.72 bits per heavy atom. The zero-order valence-corrected chi connectivity index (χ0v) is 10.1. The van der Waals surface area contributed by atoms with E-state index < -0.39 is 0 Å². The molecule has 0 unspecified atom stereocenters. The maximum absolute atomic E-state index is 10.0. The molecule has 1 N–H and O–H groups in total. The van der Waals surface area contributed by atoms with Gasteiger partial charge in [-0.1, -0.05) is 29.8 Å². The Morgan fingerprint density at radius 1 is 0.944 bits per heavy atom. The van der Waals surface area contributed by atoms with Crippen LogP contribution in [-0.4, -0.2) is 10.1 Å². The van der Waals surface area contributed by atoms with Crippen LogP contribution in [0.25, 0.3) is 22.0 Å². The van der Waals surface area contributed by atoms with Crippen LogP contribution in [0, 0.1) is 6.92 Å². The maximum Gasteiger partial charge on any atom is 0.123 e. The number of phenolic OH excluding ortho intramolecular Hbond substituents is 1. The molecule has 0 spiro atoms. The van der Waals surface area contributed by atoms with Gasteiger partial charge in [-0.3, -0.25) is 4.98 Å². The molecular weight excluding hydrogens is 222 g/mol. The molecule has 0 aliphatic heterocycles. The van der Waals surface area contributed by atoms with Crippen LogP contribution < -0.4 is 0 Å². The molecule has 0 saturated carbocycles. The molecule has 0 radical (unpaired) electrons. The van der Waals surface area contributed by atoms with Gasteiger partial charge in [-0.15, -0.1) is 0 Å². The number of aromatic nitrogens is 1. The zero-order valence-electron chi connectivity index (χ0n) is 10.1. The summed E-state index contributed by atoms with van der Waals surface area (Å²) in [6.45, 7) is 2.02. The number of benzene rings is 2. The summed E-state index contributed by atoms with van der Waals surface area (Å²) >= 11 is 0. The molecule has 0 bridgehead atoms. The number of phenols is 1. The number of hydrogen-bond acceptors (Lipinski definition) is 2. The molecule has 0 atom stereocenters. The molecule has 2 heteroatoms. The van der Waals surface area contributed by atoms with E-state index in [1.807, 2.05) is 49.4 Å². The Balaban J connectivity index is 2.35. The number of hydrogen-bond donors (Lipinski definition) is 1. The first-order chi connectivity index (χ1) is 8.75. The van der Waals surface area contributed by atoms with Crippen molar-refractivity contribution in [2.24, 2.45) is 0 Å². The van der Waals surface area contributed by atoms with Crippen molar-refractivity contribution in [3.63, 3.8) is 0 Å². The van der Waals surface area contributed by atoms with E-state index >= 15 is 0 Å². The molecular formula is C16H13NO. The van der Waals surface area contributed by atoms with Crippen LogP contribution in [0.2, 0.25) is 0 Å². The Hall–Kier alpha value is -2.35. The third-order valence-electron chi connectivity index (χ3n) is 3.09. The van der Waals surface area contributed by atoms with Gasteiger partial charge in [0.05, 0.1) is 5.52 Å². The van der Waals surface area contributed by atoms with E-state index in [-0.39, 0.29) is 0 Å². The summed E-state index contributed by atoms with van der Waals surface area (Å²) in [5, 5.41) is 11.1. The number of aromatic hydroxyl groups is 1. The monoisotopic (exact) mass is 235 g/mol. The summed E-state index contributed by atoms with van der Waals surface area (Å²) in [5.41, 5.74) is 3.94. The number of aryl methyl sites for hydroxylation is 1. The van der Waals surface area contributed by atoms with E-state index in [2.05, 4.69) is 4.98 Å². The Kier molecular flexibility index (Phi) is 2.49. The maximum atomic E-state index is 10.0. The van der Waals surface area contributed by atoms with Crippen LogP contribution in [0.4, 0.5) is 0 Å². The lowest BCUT2D eigenvalue weighted by molar-refractivity contribution is 0.477. The van der Waals surface area contributed by atoms with Gasteiger partial charge in [0.1, 0.15) is 5.75 Å². The first-order valence-electron chi connectivity index (χ1n) is 5.89. The van der Waals surface area contributed by atoms with Gasteiger partial charge in [0.2, 0.25) is 0 Å². The molecule has 1 heterocycles. The van der Waals surface area contributed by atoms with Crippen molar-refractivity contribution in [1.82, 2.24) is 4.98 Å². The van der Waals surface area contributed by atoms with Gasteiger partial charge in [0.25, 0.3) is 0 Å². The molecule has 2 aromatic carbocycles. The molecule has 0 aliphatic rings. The molecule has 18 heavy (non-hydrogen) atoms. The van der Waals surface area contributed by atoms with Crippen molar-refractivity contribution in [3.05, 3.63) is 60.3 Å². The molecule has 0 amide bonds. The Labute approximate surface area is 106 Å².